The molecule has 0 saturated heterocycles. The van der Waals surface area contributed by atoms with Crippen LogP contribution in [0.1, 0.15) is 16.7 Å². The molecule has 2 aliphatic rings. The molecule has 0 fully saturated rings. The van der Waals surface area contributed by atoms with Gasteiger partial charge in [0.15, 0.2) is 11.5 Å². The van der Waals surface area contributed by atoms with Crippen molar-refractivity contribution in [3.8, 4) is 17.6 Å². The summed E-state index contributed by atoms with van der Waals surface area (Å²) < 4.78 is 10.8. The number of carbonyl (C=O) groups is 2. The van der Waals surface area contributed by atoms with Crippen LogP contribution in [-0.4, -0.2) is 18.6 Å². The van der Waals surface area contributed by atoms with E-state index in [1.54, 1.807) is 42.5 Å². The lowest BCUT2D eigenvalue weighted by Gasteiger charge is -2.15. The summed E-state index contributed by atoms with van der Waals surface area (Å²) in [5.41, 5.74) is 3.55. The quantitative estimate of drug-likeness (QED) is 0.638. The lowest BCUT2D eigenvalue weighted by atomic mass is 10.0. The maximum Gasteiger partial charge on any atom is 0.282 e. The van der Waals surface area contributed by atoms with Crippen molar-refractivity contribution in [2.24, 2.45) is 0 Å². The van der Waals surface area contributed by atoms with Crippen LogP contribution in [0.25, 0.3) is 5.57 Å². The molecule has 7 nitrogen and oxygen atoms in total. The maximum atomic E-state index is 13.4. The number of nitrogens with one attached hydrogen (secondary N) is 1. The van der Waals surface area contributed by atoms with Gasteiger partial charge in [0.05, 0.1) is 22.9 Å². The molecule has 3 aromatic carbocycles. The third-order valence-electron chi connectivity index (χ3n) is 5.32. The Balaban J connectivity index is 1.58. The molecule has 0 atom stereocenters. The SMILES string of the molecule is Cc1ccc(C2=C(Nc3ccc4c(c3)OCO4)C(=O)N(c3ccc(C#N)cc3)C2=O)cc1. The molecule has 0 radical (unpaired) electrons. The number of aryl methyl sites for hydroxylation is 1. The summed E-state index contributed by atoms with van der Waals surface area (Å²) in [6.45, 7) is 2.09. The molecule has 0 unspecified atom stereocenters. The number of rotatable bonds is 4. The molecule has 0 spiro atoms. The molecular formula is C25H17N3O4. The molecule has 0 saturated carbocycles. The number of nitrogens with zero attached hydrogens (tertiary/aromatic N) is 2. The Kier molecular flexibility index (Phi) is 4.61. The van der Waals surface area contributed by atoms with Gasteiger partial charge in [-0.15, -0.1) is 0 Å². The zero-order valence-corrected chi connectivity index (χ0v) is 17.1. The molecule has 32 heavy (non-hydrogen) atoms. The van der Waals surface area contributed by atoms with E-state index in [4.69, 9.17) is 14.7 Å². The average molecular weight is 423 g/mol. The molecule has 5 rings (SSSR count). The number of carbonyl (C=O) groups excluding carboxylic acids is 2. The first-order chi connectivity index (χ1) is 15.5. The highest BCUT2D eigenvalue weighted by atomic mass is 16.7. The first kappa shape index (κ1) is 19.4. The third-order valence-corrected chi connectivity index (χ3v) is 5.32. The van der Waals surface area contributed by atoms with Gasteiger partial charge in [0, 0.05) is 11.8 Å². The number of benzene rings is 3. The van der Waals surface area contributed by atoms with Crippen LogP contribution in [0.15, 0.2) is 72.4 Å². The third kappa shape index (κ3) is 3.24. The van der Waals surface area contributed by atoms with Crippen molar-refractivity contribution in [1.29, 1.82) is 5.26 Å². The van der Waals surface area contributed by atoms with Gasteiger partial charge in [0.1, 0.15) is 5.70 Å². The zero-order chi connectivity index (χ0) is 22.2. The number of amides is 2. The first-order valence-corrected chi connectivity index (χ1v) is 9.92. The van der Waals surface area contributed by atoms with Gasteiger partial charge in [0.25, 0.3) is 11.8 Å². The number of hydrogen-bond donors (Lipinski definition) is 1. The van der Waals surface area contributed by atoms with E-state index in [1.165, 1.54) is 0 Å². The van der Waals surface area contributed by atoms with Gasteiger partial charge < -0.3 is 14.8 Å². The number of ether oxygens (including phenoxy) is 2. The van der Waals surface area contributed by atoms with E-state index in [0.29, 0.717) is 34.0 Å². The predicted molar refractivity (Wildman–Crippen MR) is 118 cm³/mol. The van der Waals surface area contributed by atoms with Gasteiger partial charge in [-0.3, -0.25) is 9.59 Å². The van der Waals surface area contributed by atoms with Crippen molar-refractivity contribution in [1.82, 2.24) is 0 Å². The second kappa shape index (κ2) is 7.60. The van der Waals surface area contributed by atoms with Crippen molar-refractivity contribution in [2.45, 2.75) is 6.92 Å². The number of nitriles is 1. The summed E-state index contributed by atoms with van der Waals surface area (Å²) in [5, 5.41) is 12.2. The monoisotopic (exact) mass is 423 g/mol. The van der Waals surface area contributed by atoms with Crippen LogP contribution < -0.4 is 19.7 Å². The normalized spacial score (nSPS) is 14.7. The molecule has 156 valence electrons. The van der Waals surface area contributed by atoms with Crippen LogP contribution in [0.2, 0.25) is 0 Å². The standard InChI is InChI=1S/C25H17N3O4/c1-15-2-6-17(7-3-15)22-23(27-18-8-11-20-21(12-18)32-14-31-20)25(30)28(24(22)29)19-9-4-16(13-26)5-10-19/h2-12,27H,14H2,1H3. The minimum atomic E-state index is -0.479. The van der Waals surface area contributed by atoms with Gasteiger partial charge in [-0.05, 0) is 48.9 Å². The van der Waals surface area contributed by atoms with Gasteiger partial charge in [-0.25, -0.2) is 4.90 Å². The molecule has 1 N–H and O–H groups in total. The predicted octanol–water partition coefficient (Wildman–Crippen LogP) is 3.99. The Labute approximate surface area is 184 Å². The van der Waals surface area contributed by atoms with Crippen molar-refractivity contribution in [3.05, 3.63) is 89.1 Å². The van der Waals surface area contributed by atoms with Crippen molar-refractivity contribution in [3.63, 3.8) is 0 Å². The zero-order valence-electron chi connectivity index (χ0n) is 17.1. The highest BCUT2D eigenvalue weighted by Gasteiger charge is 2.40. The molecule has 0 aromatic heterocycles. The summed E-state index contributed by atoms with van der Waals surface area (Å²) in [4.78, 5) is 28.0. The molecule has 2 heterocycles. The second-order valence-electron chi connectivity index (χ2n) is 7.41. The Morgan fingerprint density at radius 2 is 1.62 bits per heavy atom. The van der Waals surface area contributed by atoms with E-state index in [9.17, 15) is 9.59 Å². The fraction of sp³-hybridized carbons (Fsp3) is 0.0800. The number of imide groups is 1. The molecule has 3 aromatic rings. The van der Waals surface area contributed by atoms with Gasteiger partial charge in [-0.1, -0.05) is 29.8 Å². The second-order valence-corrected chi connectivity index (χ2v) is 7.41. The van der Waals surface area contributed by atoms with Crippen LogP contribution in [0.5, 0.6) is 11.5 Å². The lowest BCUT2D eigenvalue weighted by molar-refractivity contribution is -0.120. The minimum Gasteiger partial charge on any atom is -0.454 e. The van der Waals surface area contributed by atoms with Crippen LogP contribution in [0.4, 0.5) is 11.4 Å². The Morgan fingerprint density at radius 3 is 2.34 bits per heavy atom. The van der Waals surface area contributed by atoms with E-state index < -0.39 is 11.8 Å². The molecular weight excluding hydrogens is 406 g/mol. The Hall–Kier alpha value is -4.57. The van der Waals surface area contributed by atoms with Crippen LogP contribution >= 0.6 is 0 Å². The van der Waals surface area contributed by atoms with Crippen LogP contribution in [0.3, 0.4) is 0 Å². The van der Waals surface area contributed by atoms with Gasteiger partial charge >= 0.3 is 0 Å². The van der Waals surface area contributed by atoms with Crippen molar-refractivity contribution < 1.29 is 19.1 Å². The lowest BCUT2D eigenvalue weighted by Crippen LogP contribution is -2.32. The molecule has 2 amide bonds. The fourth-order valence-corrected chi connectivity index (χ4v) is 3.67. The summed E-state index contributed by atoms with van der Waals surface area (Å²) in [6.07, 6.45) is 0. The molecule has 7 heteroatoms. The number of fused-ring (bicyclic) bond motifs is 1. The molecule has 0 aliphatic carbocycles. The summed E-state index contributed by atoms with van der Waals surface area (Å²) in [7, 11) is 0. The maximum absolute atomic E-state index is 13.4. The van der Waals surface area contributed by atoms with E-state index in [0.717, 1.165) is 10.5 Å². The van der Waals surface area contributed by atoms with E-state index >= 15 is 0 Å². The summed E-state index contributed by atoms with van der Waals surface area (Å²) in [5.74, 6) is 0.268. The van der Waals surface area contributed by atoms with Crippen molar-refractivity contribution in [2.75, 3.05) is 17.0 Å². The van der Waals surface area contributed by atoms with Crippen LogP contribution in [0, 0.1) is 18.3 Å². The van der Waals surface area contributed by atoms with E-state index in [2.05, 4.69) is 5.32 Å². The topological polar surface area (TPSA) is 91.7 Å². The van der Waals surface area contributed by atoms with E-state index in [-0.39, 0.29) is 18.1 Å². The average Bonchev–Trinajstić information content (AvgIpc) is 3.37. The van der Waals surface area contributed by atoms with Gasteiger partial charge in [-0.2, -0.15) is 5.26 Å². The minimum absolute atomic E-state index is 0.139. The van der Waals surface area contributed by atoms with Gasteiger partial charge in [0.2, 0.25) is 6.79 Å². The molecule has 2 aliphatic heterocycles. The van der Waals surface area contributed by atoms with Crippen LogP contribution in [-0.2, 0) is 9.59 Å². The molecule has 0 bridgehead atoms. The number of anilines is 2. The summed E-state index contributed by atoms with van der Waals surface area (Å²) >= 11 is 0. The highest BCUT2D eigenvalue weighted by Crippen LogP contribution is 2.37. The fourth-order valence-electron chi connectivity index (χ4n) is 3.67. The van der Waals surface area contributed by atoms with Crippen molar-refractivity contribution >= 4 is 28.8 Å². The Morgan fingerprint density at radius 1 is 0.906 bits per heavy atom. The summed E-state index contributed by atoms with van der Waals surface area (Å²) in [6, 6.07) is 21.0. The number of hydrogen-bond acceptors (Lipinski definition) is 6. The van der Waals surface area contributed by atoms with E-state index in [1.807, 2.05) is 37.3 Å². The smallest absolute Gasteiger partial charge is 0.282 e. The highest BCUT2D eigenvalue weighted by molar-refractivity contribution is 6.46. The first-order valence-electron chi connectivity index (χ1n) is 9.92. The largest absolute Gasteiger partial charge is 0.454 e. The Bertz CT molecular complexity index is 1320.